The molecule has 0 amide bonds. The molecule has 0 radical (unpaired) electrons. The van der Waals surface area contributed by atoms with Gasteiger partial charge in [0, 0.05) is 19.2 Å². The molecule has 0 aromatic carbocycles. The molecule has 2 heterocycles. The first-order valence-corrected chi connectivity index (χ1v) is 6.53. The third kappa shape index (κ3) is 2.98. The number of hydrogen-bond acceptors (Lipinski definition) is 6. The third-order valence-corrected chi connectivity index (χ3v) is 3.60. The highest BCUT2D eigenvalue weighted by Crippen LogP contribution is 2.32. The maximum Gasteiger partial charge on any atom is 0.310 e. The monoisotopic (exact) mass is 299 g/mol. The number of pyridine rings is 1. The molecule has 2 rings (SSSR count). The van der Waals surface area contributed by atoms with Gasteiger partial charge in [0.1, 0.15) is 17.0 Å². The first-order chi connectivity index (χ1) is 9.52. The van der Waals surface area contributed by atoms with Gasteiger partial charge in [-0.15, -0.1) is 0 Å². The summed E-state index contributed by atoms with van der Waals surface area (Å²) < 4.78 is 4.71. The average molecular weight is 300 g/mol. The minimum absolute atomic E-state index is 0.0779. The largest absolute Gasteiger partial charge is 0.469 e. The lowest BCUT2D eigenvalue weighted by Crippen LogP contribution is -2.37. The molecule has 1 aromatic heterocycles. The van der Waals surface area contributed by atoms with Gasteiger partial charge in [0.15, 0.2) is 0 Å². The van der Waals surface area contributed by atoms with Crippen LogP contribution >= 0.6 is 11.6 Å². The normalized spacial score (nSPS) is 16.0. The second-order valence-corrected chi connectivity index (χ2v) is 4.92. The van der Waals surface area contributed by atoms with Crippen molar-refractivity contribution >= 4 is 28.9 Å². The van der Waals surface area contributed by atoms with Crippen LogP contribution in [0, 0.1) is 16.0 Å². The molecule has 1 aliphatic rings. The third-order valence-electron chi connectivity index (χ3n) is 3.40. The molecule has 7 nitrogen and oxygen atoms in total. The van der Waals surface area contributed by atoms with Gasteiger partial charge in [-0.25, -0.2) is 4.98 Å². The summed E-state index contributed by atoms with van der Waals surface area (Å²) in [4.78, 5) is 27.6. The highest BCUT2D eigenvalue weighted by Gasteiger charge is 2.29. The van der Waals surface area contributed by atoms with E-state index in [-0.39, 0.29) is 22.7 Å². The number of nitrogens with zero attached hydrogens (tertiary/aromatic N) is 3. The van der Waals surface area contributed by atoms with Crippen molar-refractivity contribution in [2.75, 3.05) is 25.1 Å². The van der Waals surface area contributed by atoms with Crippen molar-refractivity contribution in [2.24, 2.45) is 5.92 Å². The number of rotatable bonds is 3. The number of methoxy groups -OCH3 is 1. The van der Waals surface area contributed by atoms with Crippen LogP contribution in [-0.2, 0) is 9.53 Å². The Morgan fingerprint density at radius 3 is 2.75 bits per heavy atom. The Morgan fingerprint density at radius 1 is 1.55 bits per heavy atom. The first-order valence-electron chi connectivity index (χ1n) is 6.15. The summed E-state index contributed by atoms with van der Waals surface area (Å²) in [5.74, 6) is -0.375. The summed E-state index contributed by atoms with van der Waals surface area (Å²) in [5, 5.41) is 11.2. The van der Waals surface area contributed by atoms with Gasteiger partial charge in [-0.3, -0.25) is 14.9 Å². The molecule has 0 atom stereocenters. The average Bonchev–Trinajstić information content (AvgIpc) is 2.46. The summed E-state index contributed by atoms with van der Waals surface area (Å²) in [6.45, 7) is 1.09. The second-order valence-electron chi connectivity index (χ2n) is 4.54. The van der Waals surface area contributed by atoms with Crippen LogP contribution in [0.2, 0.25) is 5.15 Å². The number of carbonyl (C=O) groups excluding carboxylic acids is 1. The van der Waals surface area contributed by atoms with E-state index in [1.165, 1.54) is 13.2 Å². The van der Waals surface area contributed by atoms with Gasteiger partial charge in [-0.1, -0.05) is 11.6 Å². The fourth-order valence-corrected chi connectivity index (χ4v) is 2.48. The number of halogens is 1. The number of carbonyl (C=O) groups is 1. The van der Waals surface area contributed by atoms with E-state index in [1.54, 1.807) is 0 Å². The van der Waals surface area contributed by atoms with Crippen molar-refractivity contribution in [3.05, 3.63) is 27.5 Å². The smallest absolute Gasteiger partial charge is 0.310 e. The van der Waals surface area contributed by atoms with Crippen molar-refractivity contribution in [1.29, 1.82) is 0 Å². The lowest BCUT2D eigenvalue weighted by Gasteiger charge is -2.31. The van der Waals surface area contributed by atoms with Crippen LogP contribution in [0.5, 0.6) is 0 Å². The van der Waals surface area contributed by atoms with E-state index in [2.05, 4.69) is 4.98 Å². The standard InChI is InChI=1S/C12H14ClN3O4/c1-20-12(17)8-2-4-15(5-3-8)9-6-11(13)14-7-10(9)16(18)19/h6-8H,2-5H2,1H3. The van der Waals surface area contributed by atoms with Gasteiger partial charge in [-0.05, 0) is 12.8 Å². The van der Waals surface area contributed by atoms with Crippen molar-refractivity contribution in [2.45, 2.75) is 12.8 Å². The summed E-state index contributed by atoms with van der Waals surface area (Å²) in [5.41, 5.74) is 0.365. The van der Waals surface area contributed by atoms with Crippen molar-refractivity contribution in [3.63, 3.8) is 0 Å². The first kappa shape index (κ1) is 14.5. The number of ether oxygens (including phenoxy) is 1. The topological polar surface area (TPSA) is 85.6 Å². The molecule has 0 bridgehead atoms. The molecule has 0 saturated carbocycles. The minimum Gasteiger partial charge on any atom is -0.469 e. The molecule has 1 saturated heterocycles. The molecule has 1 fully saturated rings. The van der Waals surface area contributed by atoms with E-state index in [0.29, 0.717) is 31.6 Å². The van der Waals surface area contributed by atoms with Gasteiger partial charge in [0.2, 0.25) is 0 Å². The van der Waals surface area contributed by atoms with Crippen LogP contribution in [-0.4, -0.2) is 36.1 Å². The van der Waals surface area contributed by atoms with E-state index in [1.807, 2.05) is 4.90 Å². The van der Waals surface area contributed by atoms with Crippen molar-refractivity contribution in [1.82, 2.24) is 4.98 Å². The van der Waals surface area contributed by atoms with Crippen LogP contribution in [0.3, 0.4) is 0 Å². The summed E-state index contributed by atoms with van der Waals surface area (Å²) in [6, 6.07) is 1.48. The van der Waals surface area contributed by atoms with E-state index < -0.39 is 4.92 Å². The van der Waals surface area contributed by atoms with Crippen LogP contribution in [0.15, 0.2) is 12.3 Å². The Balaban J connectivity index is 2.16. The molecule has 8 heteroatoms. The van der Waals surface area contributed by atoms with E-state index in [4.69, 9.17) is 16.3 Å². The Labute approximate surface area is 120 Å². The molecule has 0 N–H and O–H groups in total. The summed E-state index contributed by atoms with van der Waals surface area (Å²) in [7, 11) is 1.36. The minimum atomic E-state index is -0.481. The van der Waals surface area contributed by atoms with Crippen LogP contribution in [0.1, 0.15) is 12.8 Å². The lowest BCUT2D eigenvalue weighted by atomic mass is 9.96. The van der Waals surface area contributed by atoms with E-state index >= 15 is 0 Å². The Kier molecular flexibility index (Phi) is 4.39. The molecule has 1 aromatic rings. The predicted molar refractivity (Wildman–Crippen MR) is 72.9 cm³/mol. The number of anilines is 1. The van der Waals surface area contributed by atoms with Crippen molar-refractivity contribution < 1.29 is 14.5 Å². The Hall–Kier alpha value is -1.89. The number of piperidine rings is 1. The second kappa shape index (κ2) is 6.04. The Bertz CT molecular complexity index is 529. The molecule has 0 unspecified atom stereocenters. The molecule has 0 spiro atoms. The summed E-state index contributed by atoms with van der Waals surface area (Å²) in [6.07, 6.45) is 2.36. The molecule has 20 heavy (non-hydrogen) atoms. The maximum absolute atomic E-state index is 11.5. The molecule has 0 aliphatic carbocycles. The predicted octanol–water partition coefficient (Wildman–Crippen LogP) is 2.03. The van der Waals surface area contributed by atoms with Gasteiger partial charge >= 0.3 is 11.7 Å². The highest BCUT2D eigenvalue weighted by molar-refractivity contribution is 6.29. The highest BCUT2D eigenvalue weighted by atomic mass is 35.5. The van der Waals surface area contributed by atoms with Gasteiger partial charge in [0.25, 0.3) is 0 Å². The molecule has 1 aliphatic heterocycles. The fourth-order valence-electron chi connectivity index (χ4n) is 2.33. The summed E-state index contributed by atoms with van der Waals surface area (Å²) >= 11 is 5.81. The zero-order valence-electron chi connectivity index (χ0n) is 10.9. The fraction of sp³-hybridized carbons (Fsp3) is 0.500. The quantitative estimate of drug-likeness (QED) is 0.367. The number of esters is 1. The number of nitro groups is 1. The van der Waals surface area contributed by atoms with E-state index in [0.717, 1.165) is 6.20 Å². The zero-order valence-corrected chi connectivity index (χ0v) is 11.7. The van der Waals surface area contributed by atoms with Crippen molar-refractivity contribution in [3.8, 4) is 0 Å². The Morgan fingerprint density at radius 2 is 2.20 bits per heavy atom. The molecule has 108 valence electrons. The lowest BCUT2D eigenvalue weighted by molar-refractivity contribution is -0.384. The van der Waals surface area contributed by atoms with Crippen LogP contribution < -0.4 is 4.90 Å². The van der Waals surface area contributed by atoms with Gasteiger partial charge in [0.05, 0.1) is 18.0 Å². The van der Waals surface area contributed by atoms with Gasteiger partial charge < -0.3 is 9.64 Å². The zero-order chi connectivity index (χ0) is 14.7. The van der Waals surface area contributed by atoms with Crippen LogP contribution in [0.4, 0.5) is 11.4 Å². The number of hydrogen-bond donors (Lipinski definition) is 0. The van der Waals surface area contributed by atoms with Gasteiger partial charge in [-0.2, -0.15) is 0 Å². The molecular weight excluding hydrogens is 286 g/mol. The van der Waals surface area contributed by atoms with Crippen LogP contribution in [0.25, 0.3) is 0 Å². The van der Waals surface area contributed by atoms with E-state index in [9.17, 15) is 14.9 Å². The number of aromatic nitrogens is 1. The maximum atomic E-state index is 11.5. The molecular formula is C12H14ClN3O4. The SMILES string of the molecule is COC(=O)C1CCN(c2cc(Cl)ncc2[N+](=O)[O-])CC1.